The van der Waals surface area contributed by atoms with E-state index in [0.717, 1.165) is 12.1 Å². The molecule has 82 valence electrons. The second-order valence-corrected chi connectivity index (χ2v) is 3.51. The van der Waals surface area contributed by atoms with Gasteiger partial charge in [0.1, 0.15) is 0 Å². The molecule has 0 bridgehead atoms. The van der Waals surface area contributed by atoms with Crippen LogP contribution in [0.4, 0.5) is 0 Å². The summed E-state index contributed by atoms with van der Waals surface area (Å²) in [6.45, 7) is 3.07. The highest BCUT2D eigenvalue weighted by atomic mass is 35.5. The van der Waals surface area contributed by atoms with E-state index in [9.17, 15) is 0 Å². The minimum atomic E-state index is 0.162. The molecular weight excluding hydrogens is 212 g/mol. The Hall–Kier alpha value is -1.06. The molecule has 0 aromatic heterocycles. The third-order valence-corrected chi connectivity index (χ3v) is 2.32. The van der Waals surface area contributed by atoms with Crippen LogP contribution in [-0.2, 0) is 11.3 Å². The number of ether oxygens (including phenoxy) is 1. The Morgan fingerprint density at radius 3 is 2.80 bits per heavy atom. The largest absolute Gasteiger partial charge is 0.478 e. The lowest BCUT2D eigenvalue weighted by Crippen LogP contribution is -2.08. The van der Waals surface area contributed by atoms with Crippen molar-refractivity contribution in [3.63, 3.8) is 0 Å². The van der Waals surface area contributed by atoms with Gasteiger partial charge in [0.15, 0.2) is 0 Å². The normalized spacial score (nSPS) is 10.1. The van der Waals surface area contributed by atoms with Gasteiger partial charge in [0.2, 0.25) is 5.90 Å². The van der Waals surface area contributed by atoms with E-state index in [-0.39, 0.29) is 5.90 Å². The molecule has 15 heavy (non-hydrogen) atoms. The van der Waals surface area contributed by atoms with Crippen LogP contribution >= 0.6 is 11.6 Å². The van der Waals surface area contributed by atoms with E-state index < -0.39 is 0 Å². The smallest absolute Gasteiger partial charge is 0.213 e. The third kappa shape index (κ3) is 3.22. The topological polar surface area (TPSA) is 45.1 Å². The molecule has 0 aliphatic rings. The summed E-state index contributed by atoms with van der Waals surface area (Å²) in [7, 11) is 1.87. The highest BCUT2D eigenvalue weighted by Crippen LogP contribution is 2.18. The zero-order valence-electron chi connectivity index (χ0n) is 8.93. The Bertz CT molecular complexity index is 352. The number of benzene rings is 1. The lowest BCUT2D eigenvalue weighted by molar-refractivity contribution is 0.325. The van der Waals surface area contributed by atoms with Crippen molar-refractivity contribution in [3.05, 3.63) is 34.3 Å². The Balaban J connectivity index is 2.86. The first-order valence-electron chi connectivity index (χ1n) is 4.83. The second-order valence-electron chi connectivity index (χ2n) is 3.10. The van der Waals surface area contributed by atoms with E-state index >= 15 is 0 Å². The van der Waals surface area contributed by atoms with Crippen molar-refractivity contribution >= 4 is 17.5 Å². The van der Waals surface area contributed by atoms with Gasteiger partial charge in [-0.25, -0.2) is 0 Å². The van der Waals surface area contributed by atoms with E-state index in [1.165, 1.54) is 0 Å². The third-order valence-electron chi connectivity index (χ3n) is 1.97. The molecule has 1 aromatic carbocycles. The first-order chi connectivity index (χ1) is 7.19. The summed E-state index contributed by atoms with van der Waals surface area (Å²) >= 11 is 6.06. The fourth-order valence-corrected chi connectivity index (χ4v) is 1.50. The standard InChI is InChI=1S/C11H15ClN2O/c1-3-15-11(13)8-4-5-9(7-14-2)10(12)6-8/h4-6,13-14H,3,7H2,1-2H3. The van der Waals surface area contributed by atoms with Crippen LogP contribution in [0.1, 0.15) is 18.1 Å². The van der Waals surface area contributed by atoms with Gasteiger partial charge in [-0.1, -0.05) is 17.7 Å². The Morgan fingerprint density at radius 1 is 1.53 bits per heavy atom. The van der Waals surface area contributed by atoms with Gasteiger partial charge in [0, 0.05) is 17.1 Å². The fourth-order valence-electron chi connectivity index (χ4n) is 1.25. The van der Waals surface area contributed by atoms with E-state index in [4.69, 9.17) is 21.7 Å². The van der Waals surface area contributed by atoms with Crippen molar-refractivity contribution in [2.24, 2.45) is 0 Å². The highest BCUT2D eigenvalue weighted by molar-refractivity contribution is 6.31. The van der Waals surface area contributed by atoms with Crippen LogP contribution in [0.5, 0.6) is 0 Å². The average Bonchev–Trinajstić information content (AvgIpc) is 2.21. The number of nitrogens with one attached hydrogen (secondary N) is 2. The lowest BCUT2D eigenvalue weighted by atomic mass is 10.1. The molecule has 2 N–H and O–H groups in total. The van der Waals surface area contributed by atoms with Gasteiger partial charge in [0.05, 0.1) is 6.61 Å². The predicted octanol–water partition coefficient (Wildman–Crippen LogP) is 2.42. The zero-order valence-corrected chi connectivity index (χ0v) is 9.69. The summed E-state index contributed by atoms with van der Waals surface area (Å²) in [5.41, 5.74) is 1.73. The van der Waals surface area contributed by atoms with Crippen LogP contribution in [0.25, 0.3) is 0 Å². The van der Waals surface area contributed by atoms with E-state index in [0.29, 0.717) is 17.2 Å². The summed E-state index contributed by atoms with van der Waals surface area (Å²) < 4.78 is 5.09. The molecule has 1 rings (SSSR count). The second kappa shape index (κ2) is 5.73. The van der Waals surface area contributed by atoms with E-state index in [1.54, 1.807) is 6.07 Å². The van der Waals surface area contributed by atoms with Crippen molar-refractivity contribution < 1.29 is 4.74 Å². The van der Waals surface area contributed by atoms with Crippen LogP contribution in [-0.4, -0.2) is 19.6 Å². The average molecular weight is 227 g/mol. The van der Waals surface area contributed by atoms with Gasteiger partial charge in [-0.05, 0) is 31.7 Å². The molecular formula is C11H15ClN2O. The monoisotopic (exact) mass is 226 g/mol. The molecule has 0 spiro atoms. The lowest BCUT2D eigenvalue weighted by Gasteiger charge is -2.08. The molecule has 3 nitrogen and oxygen atoms in total. The van der Waals surface area contributed by atoms with Gasteiger partial charge in [-0.3, -0.25) is 5.41 Å². The number of rotatable bonds is 4. The van der Waals surface area contributed by atoms with Crippen LogP contribution in [0.2, 0.25) is 5.02 Å². The van der Waals surface area contributed by atoms with Crippen LogP contribution < -0.4 is 5.32 Å². The molecule has 0 atom stereocenters. The highest BCUT2D eigenvalue weighted by Gasteiger charge is 2.05. The first-order valence-corrected chi connectivity index (χ1v) is 5.21. The van der Waals surface area contributed by atoms with Crippen LogP contribution in [0, 0.1) is 5.41 Å². The summed E-state index contributed by atoms with van der Waals surface area (Å²) in [6, 6.07) is 5.50. The van der Waals surface area contributed by atoms with Crippen molar-refractivity contribution in [1.82, 2.24) is 5.32 Å². The molecule has 0 saturated heterocycles. The number of hydrogen-bond donors (Lipinski definition) is 2. The van der Waals surface area contributed by atoms with Gasteiger partial charge in [0.25, 0.3) is 0 Å². The van der Waals surface area contributed by atoms with Crippen LogP contribution in [0.15, 0.2) is 18.2 Å². The molecule has 1 aromatic rings. The maximum absolute atomic E-state index is 7.60. The van der Waals surface area contributed by atoms with Gasteiger partial charge >= 0.3 is 0 Å². The molecule has 0 aliphatic carbocycles. The quantitative estimate of drug-likeness (QED) is 0.612. The van der Waals surface area contributed by atoms with Crippen molar-refractivity contribution in [2.45, 2.75) is 13.5 Å². The Kier molecular flexibility index (Phi) is 4.59. The van der Waals surface area contributed by atoms with Crippen molar-refractivity contribution in [2.75, 3.05) is 13.7 Å². The molecule has 0 heterocycles. The van der Waals surface area contributed by atoms with Gasteiger partial charge < -0.3 is 10.1 Å². The van der Waals surface area contributed by atoms with Gasteiger partial charge in [-0.2, -0.15) is 0 Å². The molecule has 0 fully saturated rings. The fraction of sp³-hybridized carbons (Fsp3) is 0.364. The van der Waals surface area contributed by atoms with Crippen molar-refractivity contribution in [3.8, 4) is 0 Å². The molecule has 0 unspecified atom stereocenters. The predicted molar refractivity (Wildman–Crippen MR) is 62.7 cm³/mol. The van der Waals surface area contributed by atoms with E-state index in [1.807, 2.05) is 26.1 Å². The summed E-state index contributed by atoms with van der Waals surface area (Å²) in [4.78, 5) is 0. The minimum Gasteiger partial charge on any atom is -0.478 e. The first kappa shape index (κ1) is 12.0. The van der Waals surface area contributed by atoms with Crippen LogP contribution in [0.3, 0.4) is 0 Å². The molecule has 0 aliphatic heterocycles. The SMILES string of the molecule is CCOC(=N)c1ccc(CNC)c(Cl)c1. The molecule has 0 radical (unpaired) electrons. The number of halogens is 1. The molecule has 0 amide bonds. The molecule has 4 heteroatoms. The minimum absolute atomic E-state index is 0.162. The summed E-state index contributed by atoms with van der Waals surface area (Å²) in [5, 5.41) is 11.3. The van der Waals surface area contributed by atoms with E-state index in [2.05, 4.69) is 5.32 Å². The summed E-state index contributed by atoms with van der Waals surface area (Å²) in [5.74, 6) is 0.162. The maximum Gasteiger partial charge on any atom is 0.213 e. The van der Waals surface area contributed by atoms with Crippen molar-refractivity contribution in [1.29, 1.82) is 5.41 Å². The maximum atomic E-state index is 7.60. The number of hydrogen-bond acceptors (Lipinski definition) is 3. The zero-order chi connectivity index (χ0) is 11.3. The summed E-state index contributed by atoms with van der Waals surface area (Å²) in [6.07, 6.45) is 0. The Morgan fingerprint density at radius 2 is 2.27 bits per heavy atom. The molecule has 0 saturated carbocycles. The van der Waals surface area contributed by atoms with Gasteiger partial charge in [-0.15, -0.1) is 0 Å². The Labute approximate surface area is 94.9 Å².